The zero-order chi connectivity index (χ0) is 13.0. The van der Waals surface area contributed by atoms with Crippen molar-refractivity contribution in [3.05, 3.63) is 42.0 Å². The molecule has 0 radical (unpaired) electrons. The van der Waals surface area contributed by atoms with E-state index in [-0.39, 0.29) is 11.7 Å². The molecule has 5 nitrogen and oxygen atoms in total. The quantitative estimate of drug-likeness (QED) is 0.896. The molecule has 1 aromatic heterocycles. The van der Waals surface area contributed by atoms with E-state index >= 15 is 0 Å². The molecular weight excluding hydrogens is 235 g/mol. The molecular formula is C12H9FN4O. The lowest BCUT2D eigenvalue weighted by Gasteiger charge is -2.09. The average Bonchev–Trinajstić information content (AvgIpc) is 2.42. The van der Waals surface area contributed by atoms with Gasteiger partial charge in [0.1, 0.15) is 12.4 Å². The Bertz CT molecular complexity index is 609. The van der Waals surface area contributed by atoms with Gasteiger partial charge in [0.05, 0.1) is 18.4 Å². The first-order valence-electron chi connectivity index (χ1n) is 5.07. The Morgan fingerprint density at radius 1 is 1.33 bits per heavy atom. The molecule has 2 rings (SSSR count). The molecule has 1 N–H and O–H groups in total. The molecule has 0 atom stereocenters. The molecule has 0 spiro atoms. The van der Waals surface area contributed by atoms with Gasteiger partial charge in [0, 0.05) is 0 Å². The SMILES string of the molecule is COc1ncnc(Nc2ccccc2C#N)c1F. The summed E-state index contributed by atoms with van der Waals surface area (Å²) in [5, 5.41) is 11.7. The Balaban J connectivity index is 2.38. The number of rotatable bonds is 3. The second kappa shape index (κ2) is 5.10. The monoisotopic (exact) mass is 244 g/mol. The van der Waals surface area contributed by atoms with Gasteiger partial charge < -0.3 is 10.1 Å². The summed E-state index contributed by atoms with van der Waals surface area (Å²) < 4.78 is 18.5. The highest BCUT2D eigenvalue weighted by atomic mass is 19.1. The third kappa shape index (κ3) is 2.20. The molecule has 90 valence electrons. The van der Waals surface area contributed by atoms with E-state index in [2.05, 4.69) is 15.3 Å². The van der Waals surface area contributed by atoms with Crippen LogP contribution in [0.3, 0.4) is 0 Å². The highest BCUT2D eigenvalue weighted by Crippen LogP contribution is 2.24. The minimum absolute atomic E-state index is 0.0375. The van der Waals surface area contributed by atoms with Crippen molar-refractivity contribution in [2.24, 2.45) is 0 Å². The number of nitrogens with zero attached hydrogens (tertiary/aromatic N) is 3. The van der Waals surface area contributed by atoms with Gasteiger partial charge in [-0.3, -0.25) is 0 Å². The number of aromatic nitrogens is 2. The van der Waals surface area contributed by atoms with Crippen molar-refractivity contribution in [1.82, 2.24) is 9.97 Å². The van der Waals surface area contributed by atoms with Gasteiger partial charge >= 0.3 is 0 Å². The zero-order valence-corrected chi connectivity index (χ0v) is 9.51. The first-order chi connectivity index (χ1) is 8.76. The topological polar surface area (TPSA) is 70.8 Å². The van der Waals surface area contributed by atoms with Crippen LogP contribution < -0.4 is 10.1 Å². The lowest BCUT2D eigenvalue weighted by atomic mass is 10.2. The molecule has 0 unspecified atom stereocenters. The molecule has 2 aromatic rings. The van der Waals surface area contributed by atoms with Crippen LogP contribution in [0.5, 0.6) is 5.88 Å². The van der Waals surface area contributed by atoms with Crippen molar-refractivity contribution in [3.8, 4) is 11.9 Å². The van der Waals surface area contributed by atoms with Crippen molar-refractivity contribution in [2.45, 2.75) is 0 Å². The van der Waals surface area contributed by atoms with Crippen LogP contribution in [-0.2, 0) is 0 Å². The summed E-state index contributed by atoms with van der Waals surface area (Å²) in [6, 6.07) is 8.75. The smallest absolute Gasteiger partial charge is 0.255 e. The minimum Gasteiger partial charge on any atom is -0.479 e. The number of ether oxygens (including phenoxy) is 1. The number of hydrogen-bond donors (Lipinski definition) is 1. The summed E-state index contributed by atoms with van der Waals surface area (Å²) in [6.45, 7) is 0. The van der Waals surface area contributed by atoms with E-state index in [0.29, 0.717) is 11.3 Å². The predicted molar refractivity (Wildman–Crippen MR) is 63.0 cm³/mol. The van der Waals surface area contributed by atoms with Gasteiger partial charge in [-0.2, -0.15) is 14.6 Å². The van der Waals surface area contributed by atoms with Gasteiger partial charge in [0.2, 0.25) is 5.82 Å². The molecule has 1 aromatic carbocycles. The van der Waals surface area contributed by atoms with Crippen LogP contribution in [0.25, 0.3) is 0 Å². The van der Waals surface area contributed by atoms with E-state index < -0.39 is 5.82 Å². The predicted octanol–water partition coefficient (Wildman–Crippen LogP) is 2.24. The third-order valence-electron chi connectivity index (χ3n) is 2.25. The number of methoxy groups -OCH3 is 1. The van der Waals surface area contributed by atoms with Crippen LogP contribution >= 0.6 is 0 Å². The largest absolute Gasteiger partial charge is 0.479 e. The van der Waals surface area contributed by atoms with Gasteiger partial charge in [-0.25, -0.2) is 4.98 Å². The summed E-state index contributed by atoms with van der Waals surface area (Å²) in [5.41, 5.74) is 0.870. The van der Waals surface area contributed by atoms with Gasteiger partial charge in [0.15, 0.2) is 5.82 Å². The Kier molecular flexibility index (Phi) is 3.34. The van der Waals surface area contributed by atoms with E-state index in [9.17, 15) is 4.39 Å². The van der Waals surface area contributed by atoms with Gasteiger partial charge in [-0.1, -0.05) is 12.1 Å². The molecule has 0 aliphatic heterocycles. The van der Waals surface area contributed by atoms with E-state index in [0.717, 1.165) is 0 Å². The van der Waals surface area contributed by atoms with Crippen molar-refractivity contribution in [1.29, 1.82) is 5.26 Å². The zero-order valence-electron chi connectivity index (χ0n) is 9.51. The van der Waals surface area contributed by atoms with E-state index in [1.165, 1.54) is 13.4 Å². The lowest BCUT2D eigenvalue weighted by Crippen LogP contribution is -2.02. The molecule has 1 heterocycles. The molecule has 0 saturated carbocycles. The maximum absolute atomic E-state index is 13.8. The standard InChI is InChI=1S/C12H9FN4O/c1-18-12-10(13)11(15-7-16-12)17-9-5-3-2-4-8(9)6-14/h2-5,7H,1H3,(H,15,16,17). The highest BCUT2D eigenvalue weighted by Gasteiger charge is 2.12. The summed E-state index contributed by atoms with van der Waals surface area (Å²) in [7, 11) is 1.32. The van der Waals surface area contributed by atoms with Gasteiger partial charge in [0.25, 0.3) is 5.88 Å². The third-order valence-corrected chi connectivity index (χ3v) is 2.25. The second-order valence-corrected chi connectivity index (χ2v) is 3.33. The summed E-state index contributed by atoms with van der Waals surface area (Å²) in [6.07, 6.45) is 1.18. The molecule has 0 amide bonds. The molecule has 6 heteroatoms. The molecule has 0 saturated heterocycles. The first-order valence-corrected chi connectivity index (χ1v) is 5.07. The van der Waals surface area contributed by atoms with Crippen LogP contribution in [0.15, 0.2) is 30.6 Å². The van der Waals surface area contributed by atoms with E-state index in [1.54, 1.807) is 24.3 Å². The highest BCUT2D eigenvalue weighted by molar-refractivity contribution is 5.64. The Hall–Kier alpha value is -2.68. The number of para-hydroxylation sites is 1. The molecule has 0 aliphatic rings. The van der Waals surface area contributed by atoms with Crippen LogP contribution in [0.1, 0.15) is 5.56 Å². The lowest BCUT2D eigenvalue weighted by molar-refractivity contribution is 0.368. The average molecular weight is 244 g/mol. The minimum atomic E-state index is -0.701. The summed E-state index contributed by atoms with van der Waals surface area (Å²) in [5.74, 6) is -0.890. The Labute approximate surface area is 103 Å². The number of hydrogen-bond acceptors (Lipinski definition) is 5. The number of nitriles is 1. The number of benzene rings is 1. The maximum atomic E-state index is 13.8. The van der Waals surface area contributed by atoms with Crippen LogP contribution in [-0.4, -0.2) is 17.1 Å². The summed E-state index contributed by atoms with van der Waals surface area (Å²) >= 11 is 0. The molecule has 0 fully saturated rings. The van der Waals surface area contributed by atoms with Crippen LogP contribution in [0.2, 0.25) is 0 Å². The number of anilines is 2. The van der Waals surface area contributed by atoms with Crippen LogP contribution in [0.4, 0.5) is 15.9 Å². The summed E-state index contributed by atoms with van der Waals surface area (Å²) in [4.78, 5) is 7.40. The second-order valence-electron chi connectivity index (χ2n) is 3.33. The van der Waals surface area contributed by atoms with Crippen molar-refractivity contribution in [2.75, 3.05) is 12.4 Å². The van der Waals surface area contributed by atoms with Crippen molar-refractivity contribution >= 4 is 11.5 Å². The Morgan fingerprint density at radius 2 is 2.11 bits per heavy atom. The number of halogens is 1. The van der Waals surface area contributed by atoms with E-state index in [4.69, 9.17) is 10.00 Å². The maximum Gasteiger partial charge on any atom is 0.255 e. The van der Waals surface area contributed by atoms with Crippen molar-refractivity contribution < 1.29 is 9.13 Å². The fraction of sp³-hybridized carbons (Fsp3) is 0.0833. The van der Waals surface area contributed by atoms with Crippen LogP contribution in [0, 0.1) is 17.1 Å². The van der Waals surface area contributed by atoms with E-state index in [1.807, 2.05) is 6.07 Å². The van der Waals surface area contributed by atoms with Gasteiger partial charge in [-0.05, 0) is 12.1 Å². The first kappa shape index (κ1) is 11.8. The number of nitrogens with one attached hydrogen (secondary N) is 1. The molecule has 0 aliphatic carbocycles. The molecule has 18 heavy (non-hydrogen) atoms. The van der Waals surface area contributed by atoms with Gasteiger partial charge in [-0.15, -0.1) is 0 Å². The normalized spacial score (nSPS) is 9.61. The fourth-order valence-electron chi connectivity index (χ4n) is 1.40. The molecule has 0 bridgehead atoms. The fourth-order valence-corrected chi connectivity index (χ4v) is 1.40. The Morgan fingerprint density at radius 3 is 2.83 bits per heavy atom. The van der Waals surface area contributed by atoms with Crippen molar-refractivity contribution in [3.63, 3.8) is 0 Å².